The second kappa shape index (κ2) is 6.59. The van der Waals surface area contributed by atoms with Crippen LogP contribution in [0.2, 0.25) is 0 Å². The van der Waals surface area contributed by atoms with E-state index in [4.69, 9.17) is 9.26 Å². The van der Waals surface area contributed by atoms with Crippen LogP contribution in [0.15, 0.2) is 4.52 Å². The number of nitrogens with zero attached hydrogens (tertiary/aromatic N) is 3. The summed E-state index contributed by atoms with van der Waals surface area (Å²) < 4.78 is 10.7. The van der Waals surface area contributed by atoms with Crippen molar-refractivity contribution in [3.8, 4) is 0 Å². The summed E-state index contributed by atoms with van der Waals surface area (Å²) in [6.45, 7) is 8.09. The summed E-state index contributed by atoms with van der Waals surface area (Å²) in [5.41, 5.74) is 0.374. The largest absolute Gasteiger partial charge is 0.366 e. The Morgan fingerprint density at radius 2 is 2.26 bits per heavy atom. The number of carbonyl (C=O) groups is 1. The number of ether oxygens (including phenoxy) is 1. The minimum Gasteiger partial charge on any atom is -0.366 e. The summed E-state index contributed by atoms with van der Waals surface area (Å²) in [4.78, 5) is 18.8. The fraction of sp³-hybridized carbons (Fsp3) is 0.824. The van der Waals surface area contributed by atoms with Crippen molar-refractivity contribution in [1.82, 2.24) is 15.0 Å². The Labute approximate surface area is 137 Å². The molecule has 1 aliphatic carbocycles. The zero-order valence-corrected chi connectivity index (χ0v) is 14.4. The van der Waals surface area contributed by atoms with E-state index in [0.29, 0.717) is 49.2 Å². The molecule has 2 fully saturated rings. The Kier molecular flexibility index (Phi) is 4.71. The van der Waals surface area contributed by atoms with Crippen molar-refractivity contribution in [2.45, 2.75) is 59.0 Å². The normalized spacial score (nSPS) is 27.9. The summed E-state index contributed by atoms with van der Waals surface area (Å²) in [6, 6.07) is 0. The first-order chi connectivity index (χ1) is 10.9. The molecule has 6 heteroatoms. The van der Waals surface area contributed by atoms with Gasteiger partial charge in [-0.25, -0.2) is 0 Å². The van der Waals surface area contributed by atoms with Gasteiger partial charge in [0.15, 0.2) is 0 Å². The van der Waals surface area contributed by atoms with Crippen LogP contribution in [0.3, 0.4) is 0 Å². The van der Waals surface area contributed by atoms with Gasteiger partial charge in [0, 0.05) is 19.9 Å². The Bertz CT molecular complexity index is 555. The highest BCUT2D eigenvalue weighted by atomic mass is 16.5. The lowest BCUT2D eigenvalue weighted by atomic mass is 9.71. The average molecular weight is 321 g/mol. The van der Waals surface area contributed by atoms with Crippen LogP contribution in [0.1, 0.15) is 63.8 Å². The molecule has 128 valence electrons. The zero-order valence-electron chi connectivity index (χ0n) is 14.4. The van der Waals surface area contributed by atoms with Gasteiger partial charge in [0.25, 0.3) is 0 Å². The Hall–Kier alpha value is -1.43. The molecule has 2 aliphatic rings. The van der Waals surface area contributed by atoms with E-state index < -0.39 is 0 Å². The van der Waals surface area contributed by atoms with Gasteiger partial charge in [0.05, 0.1) is 13.2 Å². The first-order valence-electron chi connectivity index (χ1n) is 8.62. The third kappa shape index (κ3) is 4.10. The highest BCUT2D eigenvalue weighted by Crippen LogP contribution is 2.40. The van der Waals surface area contributed by atoms with Crippen LogP contribution in [-0.2, 0) is 9.53 Å². The van der Waals surface area contributed by atoms with E-state index in [1.807, 2.05) is 4.90 Å². The van der Waals surface area contributed by atoms with Gasteiger partial charge in [0.1, 0.15) is 6.10 Å². The third-order valence-corrected chi connectivity index (χ3v) is 5.02. The molecule has 1 amide bonds. The van der Waals surface area contributed by atoms with Crippen LogP contribution in [0, 0.1) is 18.3 Å². The van der Waals surface area contributed by atoms with Crippen molar-refractivity contribution in [3.05, 3.63) is 11.7 Å². The van der Waals surface area contributed by atoms with Gasteiger partial charge < -0.3 is 14.2 Å². The van der Waals surface area contributed by atoms with Crippen molar-refractivity contribution in [2.24, 2.45) is 11.3 Å². The molecule has 1 aromatic rings. The Morgan fingerprint density at radius 3 is 2.96 bits per heavy atom. The van der Waals surface area contributed by atoms with E-state index >= 15 is 0 Å². The highest BCUT2D eigenvalue weighted by Gasteiger charge is 2.32. The van der Waals surface area contributed by atoms with E-state index in [9.17, 15) is 4.79 Å². The van der Waals surface area contributed by atoms with E-state index in [1.54, 1.807) is 6.92 Å². The number of carbonyl (C=O) groups excluding carboxylic acids is 1. The number of aryl methyl sites for hydroxylation is 1. The van der Waals surface area contributed by atoms with Crippen molar-refractivity contribution < 1.29 is 14.1 Å². The van der Waals surface area contributed by atoms with E-state index in [0.717, 1.165) is 6.42 Å². The van der Waals surface area contributed by atoms with E-state index in [1.165, 1.54) is 19.3 Å². The predicted octanol–water partition coefficient (Wildman–Crippen LogP) is 2.88. The number of amides is 1. The van der Waals surface area contributed by atoms with E-state index in [-0.39, 0.29) is 12.0 Å². The van der Waals surface area contributed by atoms with Crippen LogP contribution in [0.4, 0.5) is 0 Å². The van der Waals surface area contributed by atoms with Crippen LogP contribution in [-0.4, -0.2) is 40.6 Å². The summed E-state index contributed by atoms with van der Waals surface area (Å²) in [5, 5.41) is 3.92. The standard InChI is InChI=1S/C17H27N3O3/c1-12-18-16(19-23-12)14-11-20(7-8-22-14)15(21)9-13-5-4-6-17(2,3)10-13/h13-14H,4-11H2,1-3H3. The molecule has 2 heterocycles. The Balaban J connectivity index is 1.57. The van der Waals surface area contributed by atoms with Gasteiger partial charge in [-0.15, -0.1) is 0 Å². The molecule has 6 nitrogen and oxygen atoms in total. The molecule has 1 aromatic heterocycles. The highest BCUT2D eigenvalue weighted by molar-refractivity contribution is 5.76. The maximum absolute atomic E-state index is 12.7. The van der Waals surface area contributed by atoms with Crippen LogP contribution in [0.5, 0.6) is 0 Å². The number of morpholine rings is 1. The fourth-order valence-corrected chi connectivity index (χ4v) is 3.88. The molecular formula is C17H27N3O3. The summed E-state index contributed by atoms with van der Waals surface area (Å²) >= 11 is 0. The fourth-order valence-electron chi connectivity index (χ4n) is 3.88. The lowest BCUT2D eigenvalue weighted by Gasteiger charge is -2.37. The first kappa shape index (κ1) is 16.4. The lowest BCUT2D eigenvalue weighted by Crippen LogP contribution is -2.43. The molecule has 3 rings (SSSR count). The topological polar surface area (TPSA) is 68.5 Å². The molecule has 0 bridgehead atoms. The van der Waals surface area contributed by atoms with Gasteiger partial charge >= 0.3 is 0 Å². The first-order valence-corrected chi connectivity index (χ1v) is 8.62. The quantitative estimate of drug-likeness (QED) is 0.856. The molecule has 23 heavy (non-hydrogen) atoms. The van der Waals surface area contributed by atoms with Gasteiger partial charge in [-0.1, -0.05) is 25.4 Å². The molecule has 0 aromatic carbocycles. The number of rotatable bonds is 3. The summed E-state index contributed by atoms with van der Waals surface area (Å²) in [6.07, 6.45) is 5.21. The molecule has 0 radical (unpaired) electrons. The maximum atomic E-state index is 12.7. The number of hydrogen-bond donors (Lipinski definition) is 0. The van der Waals surface area contributed by atoms with Gasteiger partial charge in [-0.2, -0.15) is 4.98 Å². The third-order valence-electron chi connectivity index (χ3n) is 5.02. The van der Waals surface area contributed by atoms with Crippen LogP contribution >= 0.6 is 0 Å². The monoisotopic (exact) mass is 321 g/mol. The average Bonchev–Trinajstić information content (AvgIpc) is 2.93. The molecule has 1 saturated carbocycles. The Morgan fingerprint density at radius 1 is 1.43 bits per heavy atom. The zero-order chi connectivity index (χ0) is 16.4. The van der Waals surface area contributed by atoms with Gasteiger partial charge in [-0.05, 0) is 30.6 Å². The van der Waals surface area contributed by atoms with E-state index in [2.05, 4.69) is 24.0 Å². The van der Waals surface area contributed by atoms with Crippen molar-refractivity contribution in [2.75, 3.05) is 19.7 Å². The molecule has 2 atom stereocenters. The van der Waals surface area contributed by atoms with Crippen molar-refractivity contribution in [1.29, 1.82) is 0 Å². The molecule has 0 N–H and O–H groups in total. The van der Waals surface area contributed by atoms with Crippen LogP contribution < -0.4 is 0 Å². The van der Waals surface area contributed by atoms with Crippen LogP contribution in [0.25, 0.3) is 0 Å². The van der Waals surface area contributed by atoms with Crippen molar-refractivity contribution in [3.63, 3.8) is 0 Å². The lowest BCUT2D eigenvalue weighted by molar-refractivity contribution is -0.140. The van der Waals surface area contributed by atoms with Crippen molar-refractivity contribution >= 4 is 5.91 Å². The SMILES string of the molecule is Cc1nc(C2CN(C(=O)CC3CCCC(C)(C)C3)CCO2)no1. The minimum atomic E-state index is -0.270. The molecule has 2 unspecified atom stereocenters. The molecule has 1 saturated heterocycles. The molecule has 1 aliphatic heterocycles. The second-order valence-electron chi connectivity index (χ2n) is 7.70. The predicted molar refractivity (Wildman–Crippen MR) is 84.7 cm³/mol. The number of aromatic nitrogens is 2. The summed E-state index contributed by atoms with van der Waals surface area (Å²) in [5.74, 6) is 1.82. The molecule has 0 spiro atoms. The smallest absolute Gasteiger partial charge is 0.223 e. The van der Waals surface area contributed by atoms with Gasteiger partial charge in [0.2, 0.25) is 17.6 Å². The number of hydrogen-bond acceptors (Lipinski definition) is 5. The minimum absolute atomic E-state index is 0.237. The summed E-state index contributed by atoms with van der Waals surface area (Å²) in [7, 11) is 0. The second-order valence-corrected chi connectivity index (χ2v) is 7.70. The molecular weight excluding hydrogens is 294 g/mol. The van der Waals surface area contributed by atoms with Gasteiger partial charge in [-0.3, -0.25) is 4.79 Å². The maximum Gasteiger partial charge on any atom is 0.223 e.